The molecule has 45 heavy (non-hydrogen) atoms. The van der Waals surface area contributed by atoms with Crippen LogP contribution in [0.3, 0.4) is 0 Å². The highest BCUT2D eigenvalue weighted by Crippen LogP contribution is 2.27. The molecule has 5 aromatic rings. The van der Waals surface area contributed by atoms with Crippen LogP contribution >= 0.6 is 0 Å². The molecule has 8 heteroatoms. The molecule has 1 saturated heterocycles. The van der Waals surface area contributed by atoms with E-state index in [9.17, 15) is 19.5 Å². The number of hydrogen-bond donors (Lipinski definition) is 2. The van der Waals surface area contributed by atoms with E-state index >= 15 is 0 Å². The van der Waals surface area contributed by atoms with E-state index < -0.39 is 24.1 Å². The quantitative estimate of drug-likeness (QED) is 0.272. The lowest BCUT2D eigenvalue weighted by Crippen LogP contribution is -2.54. The summed E-state index contributed by atoms with van der Waals surface area (Å²) in [5.74, 6) is -1.01. The number of likely N-dealkylation sites (tertiary alicyclic amines) is 1. The monoisotopic (exact) mass is 602 g/mol. The molecular weight excluding hydrogens is 564 g/mol. The van der Waals surface area contributed by atoms with Gasteiger partial charge in [0, 0.05) is 57.1 Å². The molecule has 0 bridgehead atoms. The number of likely N-dealkylation sites (N-methyl/N-ethyl adjacent to an activating group) is 1. The second-order valence-corrected chi connectivity index (χ2v) is 12.2. The molecule has 2 N–H and O–H groups in total. The predicted molar refractivity (Wildman–Crippen MR) is 176 cm³/mol. The average molecular weight is 603 g/mol. The maximum absolute atomic E-state index is 13.9. The van der Waals surface area contributed by atoms with E-state index in [1.54, 1.807) is 18.1 Å². The number of aromatic nitrogens is 1. The number of fused-ring (bicyclic) bond motifs is 2. The van der Waals surface area contributed by atoms with Crippen molar-refractivity contribution in [1.29, 1.82) is 0 Å². The summed E-state index contributed by atoms with van der Waals surface area (Å²) < 4.78 is 1.88. The fourth-order valence-corrected chi connectivity index (χ4v) is 6.40. The summed E-state index contributed by atoms with van der Waals surface area (Å²) >= 11 is 0. The van der Waals surface area contributed by atoms with E-state index in [4.69, 9.17) is 0 Å². The van der Waals surface area contributed by atoms with E-state index in [1.165, 1.54) is 10.5 Å². The van der Waals surface area contributed by atoms with Crippen molar-refractivity contribution in [2.45, 2.75) is 44.5 Å². The Morgan fingerprint density at radius 3 is 2.44 bits per heavy atom. The summed E-state index contributed by atoms with van der Waals surface area (Å²) in [4.78, 5) is 44.8. The van der Waals surface area contributed by atoms with E-state index in [0.717, 1.165) is 32.8 Å². The molecule has 3 amide bonds. The summed E-state index contributed by atoms with van der Waals surface area (Å²) in [5, 5.41) is 16.6. The molecule has 1 aliphatic rings. The van der Waals surface area contributed by atoms with Gasteiger partial charge in [0.15, 0.2) is 0 Å². The molecule has 0 radical (unpaired) electrons. The number of aliphatic hydroxyl groups excluding tert-OH is 1. The first-order valence-corrected chi connectivity index (χ1v) is 15.3. The molecule has 0 aliphatic carbocycles. The van der Waals surface area contributed by atoms with Crippen LogP contribution in [0.5, 0.6) is 0 Å². The Morgan fingerprint density at radius 1 is 0.933 bits per heavy atom. The van der Waals surface area contributed by atoms with Crippen molar-refractivity contribution >= 4 is 39.4 Å². The molecule has 1 aromatic heterocycles. The highest BCUT2D eigenvalue weighted by atomic mass is 16.3. The van der Waals surface area contributed by atoms with Gasteiger partial charge < -0.3 is 24.8 Å². The third kappa shape index (κ3) is 6.33. The predicted octanol–water partition coefficient (Wildman–Crippen LogP) is 4.60. The molecule has 8 nitrogen and oxygen atoms in total. The Balaban J connectivity index is 1.27. The lowest BCUT2D eigenvalue weighted by molar-refractivity contribution is -0.136. The Labute approximate surface area is 262 Å². The zero-order chi connectivity index (χ0) is 31.7. The summed E-state index contributed by atoms with van der Waals surface area (Å²) in [6.45, 7) is 2.47. The number of aliphatic hydroxyl groups is 1. The number of benzene rings is 4. The van der Waals surface area contributed by atoms with Gasteiger partial charge in [-0.1, -0.05) is 90.5 Å². The summed E-state index contributed by atoms with van der Waals surface area (Å²) in [5.41, 5.74) is 4.43. The molecule has 0 saturated carbocycles. The number of aryl methyl sites for hydroxylation is 2. The van der Waals surface area contributed by atoms with Gasteiger partial charge in [0.1, 0.15) is 12.1 Å². The number of carbonyl (C=O) groups excluding carboxylic acids is 3. The van der Waals surface area contributed by atoms with Crippen LogP contribution in [0.2, 0.25) is 0 Å². The van der Waals surface area contributed by atoms with Crippen molar-refractivity contribution < 1.29 is 19.5 Å². The normalized spacial score (nSPS) is 17.0. The zero-order valence-corrected chi connectivity index (χ0v) is 25.8. The molecule has 6 rings (SSSR count). The van der Waals surface area contributed by atoms with E-state index in [0.29, 0.717) is 12.1 Å². The van der Waals surface area contributed by atoms with Gasteiger partial charge in [-0.2, -0.15) is 0 Å². The van der Waals surface area contributed by atoms with Crippen molar-refractivity contribution in [3.05, 3.63) is 119 Å². The van der Waals surface area contributed by atoms with Gasteiger partial charge in [0.2, 0.25) is 11.8 Å². The average Bonchev–Trinajstić information content (AvgIpc) is 3.60. The molecule has 230 valence electrons. The largest absolute Gasteiger partial charge is 0.391 e. The Morgan fingerprint density at radius 2 is 1.64 bits per heavy atom. The van der Waals surface area contributed by atoms with Gasteiger partial charge in [-0.25, -0.2) is 0 Å². The third-order valence-electron chi connectivity index (χ3n) is 8.72. The number of para-hydroxylation sites is 1. The smallest absolute Gasteiger partial charge is 0.256 e. The second-order valence-electron chi connectivity index (χ2n) is 12.2. The Bertz CT molecular complexity index is 1880. The Kier molecular flexibility index (Phi) is 8.41. The number of carbonyl (C=O) groups is 3. The molecule has 0 spiro atoms. The minimum Gasteiger partial charge on any atom is -0.391 e. The van der Waals surface area contributed by atoms with Crippen molar-refractivity contribution in [3.63, 3.8) is 0 Å². The van der Waals surface area contributed by atoms with E-state index in [-0.39, 0.29) is 31.2 Å². The number of amides is 3. The standard InChI is InChI=1S/C37H38N4O4/c1-24-13-15-28-18-26(14-16-27(28)17-24)19-32(37(45)40(3)21-25-9-5-4-6-10-25)38-35(43)34-20-29(42)22-41(34)36(44)31-23-39(2)33-12-8-7-11-30(31)33/h4-18,23,29,32,34,42H,19-22H2,1-3H3,(H,38,43)/t29-,32-,34?/m1/s1. The van der Waals surface area contributed by atoms with Crippen LogP contribution in [-0.2, 0) is 29.6 Å². The lowest BCUT2D eigenvalue weighted by Gasteiger charge is -2.28. The van der Waals surface area contributed by atoms with Gasteiger partial charge in [0.25, 0.3) is 5.91 Å². The van der Waals surface area contributed by atoms with Gasteiger partial charge in [-0.3, -0.25) is 14.4 Å². The zero-order valence-electron chi connectivity index (χ0n) is 25.8. The van der Waals surface area contributed by atoms with Crippen LogP contribution in [0.1, 0.15) is 33.5 Å². The van der Waals surface area contributed by atoms with Crippen molar-refractivity contribution in [2.75, 3.05) is 13.6 Å². The molecule has 1 unspecified atom stereocenters. The SMILES string of the molecule is Cc1ccc2cc(C[C@@H](NC(=O)C3C[C@@H](O)CN3C(=O)c3cn(C)c4ccccc34)C(=O)N(C)Cc3ccccc3)ccc2c1. The lowest BCUT2D eigenvalue weighted by atomic mass is 9.99. The highest BCUT2D eigenvalue weighted by molar-refractivity contribution is 6.08. The highest BCUT2D eigenvalue weighted by Gasteiger charge is 2.41. The van der Waals surface area contributed by atoms with Gasteiger partial charge >= 0.3 is 0 Å². The van der Waals surface area contributed by atoms with Gasteiger partial charge in [-0.15, -0.1) is 0 Å². The van der Waals surface area contributed by atoms with Crippen LogP contribution in [0.25, 0.3) is 21.7 Å². The minimum atomic E-state index is -0.916. The topological polar surface area (TPSA) is 94.9 Å². The molecular formula is C37H38N4O4. The fourth-order valence-electron chi connectivity index (χ4n) is 6.40. The number of hydrogen-bond acceptors (Lipinski definition) is 4. The first-order valence-electron chi connectivity index (χ1n) is 15.3. The maximum atomic E-state index is 13.9. The second kappa shape index (κ2) is 12.6. The summed E-state index contributed by atoms with van der Waals surface area (Å²) in [7, 11) is 3.60. The Hall–Kier alpha value is -4.95. The molecule has 1 aliphatic heterocycles. The summed E-state index contributed by atoms with van der Waals surface area (Å²) in [6.07, 6.45) is 1.29. The number of nitrogens with one attached hydrogen (secondary N) is 1. The van der Waals surface area contributed by atoms with Crippen molar-refractivity contribution in [2.24, 2.45) is 7.05 Å². The van der Waals surface area contributed by atoms with Crippen molar-refractivity contribution in [1.82, 2.24) is 19.7 Å². The minimum absolute atomic E-state index is 0.0384. The van der Waals surface area contributed by atoms with Crippen LogP contribution in [0, 0.1) is 6.92 Å². The van der Waals surface area contributed by atoms with Crippen LogP contribution in [0.4, 0.5) is 0 Å². The number of nitrogens with zero attached hydrogens (tertiary/aromatic N) is 3. The molecule has 1 fully saturated rings. The van der Waals surface area contributed by atoms with Gasteiger partial charge in [0.05, 0.1) is 11.7 Å². The van der Waals surface area contributed by atoms with E-state index in [2.05, 4.69) is 30.4 Å². The van der Waals surface area contributed by atoms with E-state index in [1.807, 2.05) is 84.4 Å². The van der Waals surface area contributed by atoms with Crippen LogP contribution < -0.4 is 5.32 Å². The maximum Gasteiger partial charge on any atom is 0.256 e. The van der Waals surface area contributed by atoms with Gasteiger partial charge in [-0.05, 0) is 34.9 Å². The van der Waals surface area contributed by atoms with Crippen LogP contribution in [0.15, 0.2) is 97.2 Å². The fraction of sp³-hybridized carbons (Fsp3) is 0.270. The number of rotatable bonds is 8. The van der Waals surface area contributed by atoms with Crippen LogP contribution in [-0.4, -0.2) is 69.0 Å². The third-order valence-corrected chi connectivity index (χ3v) is 8.72. The van der Waals surface area contributed by atoms with Crippen molar-refractivity contribution in [3.8, 4) is 0 Å². The molecule has 3 atom stereocenters. The first-order chi connectivity index (χ1) is 21.7. The molecule has 4 aromatic carbocycles. The summed E-state index contributed by atoms with van der Waals surface area (Å²) in [6, 6.07) is 27.8. The first kappa shape index (κ1) is 30.1. The number of β-amino-alcohol motifs (C(OH)–C–C–N with tert-alkyl or cyclic N) is 1. The molecule has 2 heterocycles.